The summed E-state index contributed by atoms with van der Waals surface area (Å²) in [6.45, 7) is 3.24. The van der Waals surface area contributed by atoms with E-state index in [-0.39, 0.29) is 23.4 Å². The van der Waals surface area contributed by atoms with Crippen LogP contribution in [0.25, 0.3) is 0 Å². The first-order chi connectivity index (χ1) is 12.1. The minimum Gasteiger partial charge on any atom is -0.362 e. The Morgan fingerprint density at radius 1 is 1.20 bits per heavy atom. The number of rotatable bonds is 5. The van der Waals surface area contributed by atoms with Crippen LogP contribution in [0.15, 0.2) is 24.3 Å². The first-order valence-electron chi connectivity index (χ1n) is 9.55. The van der Waals surface area contributed by atoms with Crippen molar-refractivity contribution in [3.8, 4) is 0 Å². The lowest BCUT2D eigenvalue weighted by Gasteiger charge is -2.39. The van der Waals surface area contributed by atoms with E-state index in [0.29, 0.717) is 12.5 Å². The molecule has 2 heterocycles. The van der Waals surface area contributed by atoms with Crippen molar-refractivity contribution in [2.24, 2.45) is 5.92 Å². The van der Waals surface area contributed by atoms with E-state index < -0.39 is 0 Å². The number of nitrogens with one attached hydrogen (secondary N) is 1. The lowest BCUT2D eigenvalue weighted by molar-refractivity contribution is -0.140. The molecule has 3 fully saturated rings. The van der Waals surface area contributed by atoms with E-state index in [9.17, 15) is 9.18 Å². The standard InChI is InChI=1S/C20H27FN2O2/c21-17-4-2-1-3-16(17)14-23-11-9-20(10-12-23)8-7-18(25-20)19(24)22-13-15-5-6-15/h1-4,15,18H,5-14H2,(H,22,24)/t18-/m1/s1. The average Bonchev–Trinajstić information content (AvgIpc) is 3.37. The minimum atomic E-state index is -0.281. The summed E-state index contributed by atoms with van der Waals surface area (Å²) in [5, 5.41) is 3.04. The van der Waals surface area contributed by atoms with Crippen molar-refractivity contribution in [2.75, 3.05) is 19.6 Å². The zero-order valence-electron chi connectivity index (χ0n) is 14.7. The van der Waals surface area contributed by atoms with E-state index >= 15 is 0 Å². The van der Waals surface area contributed by atoms with Gasteiger partial charge >= 0.3 is 0 Å². The lowest BCUT2D eigenvalue weighted by atomic mass is 9.88. The molecule has 1 amide bonds. The van der Waals surface area contributed by atoms with Crippen molar-refractivity contribution in [1.82, 2.24) is 10.2 Å². The van der Waals surface area contributed by atoms with E-state index in [1.165, 1.54) is 18.9 Å². The molecule has 1 aromatic carbocycles. The highest BCUT2D eigenvalue weighted by Gasteiger charge is 2.44. The number of carbonyl (C=O) groups is 1. The molecule has 136 valence electrons. The van der Waals surface area contributed by atoms with Crippen molar-refractivity contribution in [2.45, 2.75) is 56.8 Å². The van der Waals surface area contributed by atoms with Gasteiger partial charge in [-0.05, 0) is 50.5 Å². The third kappa shape index (κ3) is 4.04. The normalized spacial score (nSPS) is 26.0. The Kier molecular flexibility index (Phi) is 4.78. The van der Waals surface area contributed by atoms with Crippen LogP contribution in [0.4, 0.5) is 4.39 Å². The number of nitrogens with zero attached hydrogens (tertiary/aromatic N) is 1. The predicted octanol–water partition coefficient (Wildman–Crippen LogP) is 2.87. The summed E-state index contributed by atoms with van der Waals surface area (Å²) in [5.74, 6) is 0.630. The van der Waals surface area contributed by atoms with E-state index in [1.807, 2.05) is 12.1 Å². The maximum absolute atomic E-state index is 13.8. The summed E-state index contributed by atoms with van der Waals surface area (Å²) in [7, 11) is 0. The van der Waals surface area contributed by atoms with Gasteiger partial charge in [0, 0.05) is 31.7 Å². The van der Waals surface area contributed by atoms with Gasteiger partial charge in [0.25, 0.3) is 0 Å². The van der Waals surface area contributed by atoms with Gasteiger partial charge in [-0.25, -0.2) is 4.39 Å². The zero-order valence-corrected chi connectivity index (χ0v) is 14.7. The van der Waals surface area contributed by atoms with Gasteiger partial charge in [0.15, 0.2) is 0 Å². The fourth-order valence-electron chi connectivity index (χ4n) is 4.03. The molecule has 4 nitrogen and oxygen atoms in total. The number of benzene rings is 1. The van der Waals surface area contributed by atoms with E-state index in [0.717, 1.165) is 50.9 Å². The second-order valence-corrected chi connectivity index (χ2v) is 7.88. The van der Waals surface area contributed by atoms with E-state index in [2.05, 4.69) is 10.2 Å². The Hall–Kier alpha value is -1.46. The number of amides is 1. The summed E-state index contributed by atoms with van der Waals surface area (Å²) >= 11 is 0. The molecule has 0 aromatic heterocycles. The second kappa shape index (κ2) is 7.04. The highest BCUT2D eigenvalue weighted by Crippen LogP contribution is 2.39. The molecule has 1 spiro atoms. The highest BCUT2D eigenvalue weighted by atomic mass is 19.1. The third-order valence-corrected chi connectivity index (χ3v) is 5.93. The molecule has 2 aliphatic heterocycles. The van der Waals surface area contributed by atoms with Crippen LogP contribution >= 0.6 is 0 Å². The maximum Gasteiger partial charge on any atom is 0.249 e. The summed E-state index contributed by atoms with van der Waals surface area (Å²) in [4.78, 5) is 14.5. The van der Waals surface area contributed by atoms with Crippen molar-refractivity contribution < 1.29 is 13.9 Å². The largest absolute Gasteiger partial charge is 0.362 e. The predicted molar refractivity (Wildman–Crippen MR) is 93.5 cm³/mol. The van der Waals surface area contributed by atoms with Crippen LogP contribution in [0, 0.1) is 11.7 Å². The number of likely N-dealkylation sites (tertiary alicyclic amines) is 1. The summed E-state index contributed by atoms with van der Waals surface area (Å²) in [5.41, 5.74) is 0.607. The van der Waals surface area contributed by atoms with Gasteiger partial charge < -0.3 is 10.1 Å². The van der Waals surface area contributed by atoms with Crippen LogP contribution in [0.5, 0.6) is 0 Å². The Labute approximate surface area is 148 Å². The van der Waals surface area contributed by atoms with Gasteiger partial charge in [-0.1, -0.05) is 18.2 Å². The SMILES string of the molecule is O=C(NCC1CC1)[C@H]1CCC2(CCN(Cc3ccccc3F)CC2)O1. The fraction of sp³-hybridized carbons (Fsp3) is 0.650. The van der Waals surface area contributed by atoms with Gasteiger partial charge in [0.1, 0.15) is 11.9 Å². The molecular weight excluding hydrogens is 319 g/mol. The summed E-state index contributed by atoms with van der Waals surface area (Å²) in [6.07, 6.45) is 5.84. The topological polar surface area (TPSA) is 41.6 Å². The summed E-state index contributed by atoms with van der Waals surface area (Å²) < 4.78 is 20.0. The van der Waals surface area contributed by atoms with Crippen molar-refractivity contribution in [3.63, 3.8) is 0 Å². The van der Waals surface area contributed by atoms with Gasteiger partial charge in [0.05, 0.1) is 5.60 Å². The maximum atomic E-state index is 13.8. The molecule has 0 unspecified atom stereocenters. The molecule has 25 heavy (non-hydrogen) atoms. The first-order valence-corrected chi connectivity index (χ1v) is 9.55. The molecule has 1 saturated carbocycles. The number of hydrogen-bond acceptors (Lipinski definition) is 3. The molecule has 4 rings (SSSR count). The average molecular weight is 346 g/mol. The molecule has 1 N–H and O–H groups in total. The molecule has 0 bridgehead atoms. The van der Waals surface area contributed by atoms with Crippen molar-refractivity contribution >= 4 is 5.91 Å². The van der Waals surface area contributed by atoms with Crippen molar-refractivity contribution in [1.29, 1.82) is 0 Å². The van der Waals surface area contributed by atoms with Gasteiger partial charge in [-0.15, -0.1) is 0 Å². The van der Waals surface area contributed by atoms with Crippen molar-refractivity contribution in [3.05, 3.63) is 35.6 Å². The number of hydrogen-bond donors (Lipinski definition) is 1. The molecule has 1 atom stereocenters. The van der Waals surface area contributed by atoms with E-state index in [4.69, 9.17) is 4.74 Å². The molecule has 3 aliphatic rings. The highest BCUT2D eigenvalue weighted by molar-refractivity contribution is 5.81. The first kappa shape index (κ1) is 17.0. The van der Waals surface area contributed by atoms with Crippen LogP contribution < -0.4 is 5.32 Å². The van der Waals surface area contributed by atoms with Crippen LogP contribution in [0.1, 0.15) is 44.1 Å². The monoisotopic (exact) mass is 346 g/mol. The zero-order chi connectivity index (χ0) is 17.3. The van der Waals surface area contributed by atoms with Crippen LogP contribution in [0.3, 0.4) is 0 Å². The summed E-state index contributed by atoms with van der Waals surface area (Å²) in [6, 6.07) is 6.98. The Morgan fingerprint density at radius 2 is 1.96 bits per heavy atom. The van der Waals surface area contributed by atoms with Crippen LogP contribution in [-0.4, -0.2) is 42.1 Å². The number of carbonyl (C=O) groups excluding carboxylic acids is 1. The Morgan fingerprint density at radius 3 is 2.68 bits per heavy atom. The van der Waals surface area contributed by atoms with Crippen LogP contribution in [-0.2, 0) is 16.1 Å². The van der Waals surface area contributed by atoms with Gasteiger partial charge in [0.2, 0.25) is 5.91 Å². The molecule has 2 saturated heterocycles. The molecular formula is C20H27FN2O2. The molecule has 1 aromatic rings. The molecule has 5 heteroatoms. The van der Waals surface area contributed by atoms with Gasteiger partial charge in [-0.3, -0.25) is 9.69 Å². The van der Waals surface area contributed by atoms with Gasteiger partial charge in [-0.2, -0.15) is 0 Å². The Bertz CT molecular complexity index is 624. The van der Waals surface area contributed by atoms with Crippen LogP contribution in [0.2, 0.25) is 0 Å². The fourth-order valence-corrected chi connectivity index (χ4v) is 4.03. The Balaban J connectivity index is 1.26. The number of ether oxygens (including phenoxy) is 1. The molecule has 0 radical (unpaired) electrons. The number of piperidine rings is 1. The third-order valence-electron chi connectivity index (χ3n) is 5.93. The quantitative estimate of drug-likeness (QED) is 0.891. The number of halogens is 1. The molecule has 1 aliphatic carbocycles. The minimum absolute atomic E-state index is 0.0672. The smallest absolute Gasteiger partial charge is 0.249 e. The lowest BCUT2D eigenvalue weighted by Crippen LogP contribution is -2.45. The second-order valence-electron chi connectivity index (χ2n) is 7.88. The van der Waals surface area contributed by atoms with E-state index in [1.54, 1.807) is 6.07 Å².